The number of nitrogens with one attached hydrogen (secondary N) is 1. The lowest BCUT2D eigenvalue weighted by Crippen LogP contribution is -2.49. The quantitative estimate of drug-likeness (QED) is 0.515. The van der Waals surface area contributed by atoms with E-state index in [4.69, 9.17) is 21.6 Å². The van der Waals surface area contributed by atoms with Gasteiger partial charge in [-0.2, -0.15) is 9.57 Å². The lowest BCUT2D eigenvalue weighted by atomic mass is 10.2. The first-order chi connectivity index (χ1) is 15.8. The third-order valence-corrected chi connectivity index (χ3v) is 8.62. The normalized spacial score (nSPS) is 17.2. The Balaban J connectivity index is 1.42. The first kappa shape index (κ1) is 22.3. The van der Waals surface area contributed by atoms with Crippen LogP contribution in [0.2, 0.25) is 5.02 Å². The average Bonchev–Trinajstić information content (AvgIpc) is 3.62. The molecule has 11 heteroatoms. The van der Waals surface area contributed by atoms with Crippen LogP contribution in [0.3, 0.4) is 0 Å². The van der Waals surface area contributed by atoms with Crippen molar-refractivity contribution in [2.24, 2.45) is 0 Å². The number of rotatable bonds is 5. The van der Waals surface area contributed by atoms with Crippen LogP contribution in [0.25, 0.3) is 11.0 Å². The maximum atomic E-state index is 13.2. The summed E-state index contributed by atoms with van der Waals surface area (Å²) in [4.78, 5) is 11.7. The molecule has 1 aromatic heterocycles. The Kier molecular flexibility index (Phi) is 5.91. The Morgan fingerprint density at radius 3 is 2.48 bits per heavy atom. The monoisotopic (exact) mass is 546 g/mol. The fraction of sp³-hybridized carbons (Fsp3) is 0.318. The van der Waals surface area contributed by atoms with E-state index in [0.29, 0.717) is 60.5 Å². The number of hydrogen-bond donors (Lipinski definition) is 1. The minimum absolute atomic E-state index is 0.103. The molecule has 170 valence electrons. The van der Waals surface area contributed by atoms with Crippen LogP contribution in [0.4, 0.5) is 11.6 Å². The highest BCUT2D eigenvalue weighted by molar-refractivity contribution is 9.10. The van der Waals surface area contributed by atoms with Gasteiger partial charge in [-0.25, -0.2) is 18.4 Å². The zero-order chi connectivity index (χ0) is 23.2. The van der Waals surface area contributed by atoms with Gasteiger partial charge in [0.25, 0.3) is 0 Å². The standard InChI is InChI=1S/C22H20BrClN6O2S/c23-15-2-6-20(17(24)12-15)33(31,32)30-9-7-29(8-10-30)22-21(26-16-3-4-16)27-18-5-1-14(13-25)11-19(18)28-22/h1-2,5-6,11-12,16H,3-4,7-10H2,(H,26,27). The summed E-state index contributed by atoms with van der Waals surface area (Å²) in [6.45, 7) is 1.53. The van der Waals surface area contributed by atoms with Crippen LogP contribution in [0.1, 0.15) is 18.4 Å². The minimum atomic E-state index is -3.71. The van der Waals surface area contributed by atoms with E-state index in [1.165, 1.54) is 10.4 Å². The van der Waals surface area contributed by atoms with Crippen molar-refractivity contribution >= 4 is 60.2 Å². The fourth-order valence-electron chi connectivity index (χ4n) is 3.82. The molecule has 0 bridgehead atoms. The molecule has 33 heavy (non-hydrogen) atoms. The molecule has 2 fully saturated rings. The number of anilines is 2. The van der Waals surface area contributed by atoms with Crippen molar-refractivity contribution in [3.63, 3.8) is 0 Å². The van der Waals surface area contributed by atoms with Gasteiger partial charge in [-0.05, 0) is 49.2 Å². The number of nitriles is 1. The van der Waals surface area contributed by atoms with Crippen LogP contribution in [-0.2, 0) is 10.0 Å². The molecular weight excluding hydrogens is 528 g/mol. The largest absolute Gasteiger partial charge is 0.364 e. The van der Waals surface area contributed by atoms with E-state index in [2.05, 4.69) is 27.3 Å². The third kappa shape index (κ3) is 4.51. The average molecular weight is 548 g/mol. The molecule has 2 aromatic carbocycles. The molecule has 0 radical (unpaired) electrons. The topological polar surface area (TPSA) is 102 Å². The van der Waals surface area contributed by atoms with Crippen LogP contribution in [-0.4, -0.2) is 54.9 Å². The second-order valence-corrected chi connectivity index (χ2v) is 11.3. The Bertz CT molecular complexity index is 1380. The second kappa shape index (κ2) is 8.72. The minimum Gasteiger partial charge on any atom is -0.364 e. The summed E-state index contributed by atoms with van der Waals surface area (Å²) >= 11 is 9.53. The number of sulfonamides is 1. The van der Waals surface area contributed by atoms with Crippen molar-refractivity contribution in [3.05, 3.63) is 51.5 Å². The summed E-state index contributed by atoms with van der Waals surface area (Å²) in [5, 5.41) is 12.9. The molecule has 8 nitrogen and oxygen atoms in total. The summed E-state index contributed by atoms with van der Waals surface area (Å²) in [5.41, 5.74) is 1.88. The molecule has 1 saturated carbocycles. The van der Waals surface area contributed by atoms with Gasteiger partial charge in [0.15, 0.2) is 11.6 Å². The van der Waals surface area contributed by atoms with Gasteiger partial charge in [-0.1, -0.05) is 27.5 Å². The molecular formula is C22H20BrClN6O2S. The van der Waals surface area contributed by atoms with Gasteiger partial charge in [0.05, 0.1) is 27.7 Å². The first-order valence-electron chi connectivity index (χ1n) is 10.5. The van der Waals surface area contributed by atoms with Crippen molar-refractivity contribution in [3.8, 4) is 6.07 Å². The van der Waals surface area contributed by atoms with E-state index in [1.54, 1.807) is 30.3 Å². The second-order valence-electron chi connectivity index (χ2n) is 8.10. The van der Waals surface area contributed by atoms with Crippen LogP contribution in [0.5, 0.6) is 0 Å². The van der Waals surface area contributed by atoms with E-state index >= 15 is 0 Å². The van der Waals surface area contributed by atoms with Crippen molar-refractivity contribution in [1.82, 2.24) is 14.3 Å². The van der Waals surface area contributed by atoms with Gasteiger partial charge in [0.1, 0.15) is 4.90 Å². The van der Waals surface area contributed by atoms with Crippen LogP contribution in [0.15, 0.2) is 45.8 Å². The van der Waals surface area contributed by atoms with Gasteiger partial charge in [-0.3, -0.25) is 0 Å². The zero-order valence-corrected chi connectivity index (χ0v) is 20.7. The first-order valence-corrected chi connectivity index (χ1v) is 13.1. The molecule has 1 aliphatic carbocycles. The van der Waals surface area contributed by atoms with E-state index in [1.807, 2.05) is 4.90 Å². The van der Waals surface area contributed by atoms with E-state index in [0.717, 1.165) is 17.3 Å². The molecule has 0 amide bonds. The Morgan fingerprint density at radius 2 is 1.82 bits per heavy atom. The maximum Gasteiger partial charge on any atom is 0.244 e. The number of hydrogen-bond acceptors (Lipinski definition) is 7. The predicted molar refractivity (Wildman–Crippen MR) is 131 cm³/mol. The van der Waals surface area contributed by atoms with Gasteiger partial charge < -0.3 is 10.2 Å². The van der Waals surface area contributed by atoms with Gasteiger partial charge in [0, 0.05) is 36.7 Å². The molecule has 3 aromatic rings. The number of nitrogens with zero attached hydrogens (tertiary/aromatic N) is 5. The van der Waals surface area contributed by atoms with Gasteiger partial charge >= 0.3 is 0 Å². The Hall–Kier alpha value is -2.45. The van der Waals surface area contributed by atoms with Crippen molar-refractivity contribution < 1.29 is 8.42 Å². The van der Waals surface area contributed by atoms with Crippen LogP contribution >= 0.6 is 27.5 Å². The summed E-state index contributed by atoms with van der Waals surface area (Å²) < 4.78 is 28.5. The van der Waals surface area contributed by atoms with Crippen molar-refractivity contribution in [2.75, 3.05) is 36.4 Å². The highest BCUT2D eigenvalue weighted by Gasteiger charge is 2.32. The Labute approximate surface area is 205 Å². The van der Waals surface area contributed by atoms with Crippen LogP contribution in [0, 0.1) is 11.3 Å². The Morgan fingerprint density at radius 1 is 1.06 bits per heavy atom. The molecule has 0 unspecified atom stereocenters. The summed E-state index contributed by atoms with van der Waals surface area (Å²) in [7, 11) is -3.71. The molecule has 2 aliphatic rings. The van der Waals surface area contributed by atoms with Gasteiger partial charge in [-0.15, -0.1) is 0 Å². The molecule has 0 spiro atoms. The van der Waals surface area contributed by atoms with Gasteiger partial charge in [0.2, 0.25) is 10.0 Å². The number of fused-ring (bicyclic) bond motifs is 1. The highest BCUT2D eigenvalue weighted by atomic mass is 79.9. The number of benzene rings is 2. The molecule has 1 saturated heterocycles. The number of piperazine rings is 1. The maximum absolute atomic E-state index is 13.2. The van der Waals surface area contributed by atoms with Crippen molar-refractivity contribution in [1.29, 1.82) is 5.26 Å². The van der Waals surface area contributed by atoms with E-state index < -0.39 is 10.0 Å². The summed E-state index contributed by atoms with van der Waals surface area (Å²) in [5.74, 6) is 1.38. The predicted octanol–water partition coefficient (Wildman–Crippen LogP) is 4.00. The number of halogens is 2. The third-order valence-electron chi connectivity index (χ3n) is 5.74. The SMILES string of the molecule is N#Cc1ccc2nc(NC3CC3)c(N3CCN(S(=O)(=O)c4ccc(Br)cc4Cl)CC3)nc2c1. The highest BCUT2D eigenvalue weighted by Crippen LogP contribution is 2.33. The lowest BCUT2D eigenvalue weighted by Gasteiger charge is -2.35. The molecule has 0 atom stereocenters. The molecule has 5 rings (SSSR count). The zero-order valence-electron chi connectivity index (χ0n) is 17.5. The summed E-state index contributed by atoms with van der Waals surface area (Å²) in [6.07, 6.45) is 2.18. The fourth-order valence-corrected chi connectivity index (χ4v) is 6.25. The smallest absolute Gasteiger partial charge is 0.244 e. The van der Waals surface area contributed by atoms with E-state index in [9.17, 15) is 13.7 Å². The summed E-state index contributed by atoms with van der Waals surface area (Å²) in [6, 6.07) is 12.6. The molecule has 2 heterocycles. The van der Waals surface area contributed by atoms with E-state index in [-0.39, 0.29) is 9.92 Å². The number of aromatic nitrogens is 2. The molecule has 1 N–H and O–H groups in total. The van der Waals surface area contributed by atoms with Crippen molar-refractivity contribution in [2.45, 2.75) is 23.8 Å². The lowest BCUT2D eigenvalue weighted by molar-refractivity contribution is 0.384. The molecule has 1 aliphatic heterocycles. The van der Waals surface area contributed by atoms with Crippen LogP contribution < -0.4 is 10.2 Å².